The van der Waals surface area contributed by atoms with E-state index in [0.29, 0.717) is 16.8 Å². The van der Waals surface area contributed by atoms with Gasteiger partial charge in [0, 0.05) is 34.5 Å². The Kier molecular flexibility index (Phi) is 5.63. The number of amides is 3. The summed E-state index contributed by atoms with van der Waals surface area (Å²) in [7, 11) is 0. The minimum Gasteiger partial charge on any atom is -0.356 e. The molecule has 30 heavy (non-hydrogen) atoms. The Hall–Kier alpha value is -3.45. The Labute approximate surface area is 182 Å². The summed E-state index contributed by atoms with van der Waals surface area (Å²) in [5, 5.41) is 6.06. The third-order valence-electron chi connectivity index (χ3n) is 4.73. The summed E-state index contributed by atoms with van der Waals surface area (Å²) in [4.78, 5) is 38.3. The summed E-state index contributed by atoms with van der Waals surface area (Å²) >= 11 is 3.30. The van der Waals surface area contributed by atoms with Crippen LogP contribution in [0.5, 0.6) is 0 Å². The summed E-state index contributed by atoms with van der Waals surface area (Å²) in [5.41, 5.74) is 3.24. The summed E-state index contributed by atoms with van der Waals surface area (Å²) in [6, 6.07) is 22.1. The SMILES string of the molecule is O=C(CCN1C(=O)c2ccc(Br)cc2C1=O)Nc1ccc(Nc2ccccc2)cc1. The highest BCUT2D eigenvalue weighted by atomic mass is 79.9. The molecule has 3 aromatic carbocycles. The lowest BCUT2D eigenvalue weighted by Crippen LogP contribution is -2.32. The molecule has 3 amide bonds. The van der Waals surface area contributed by atoms with E-state index < -0.39 is 0 Å². The number of hydrogen-bond acceptors (Lipinski definition) is 4. The van der Waals surface area contributed by atoms with Gasteiger partial charge in [-0.3, -0.25) is 19.3 Å². The maximum absolute atomic E-state index is 12.5. The summed E-state index contributed by atoms with van der Waals surface area (Å²) in [5.74, 6) is -1.01. The number of hydrogen-bond donors (Lipinski definition) is 2. The van der Waals surface area contributed by atoms with Crippen LogP contribution in [-0.2, 0) is 4.79 Å². The van der Waals surface area contributed by atoms with Crippen LogP contribution < -0.4 is 10.6 Å². The van der Waals surface area contributed by atoms with Crippen LogP contribution in [-0.4, -0.2) is 29.2 Å². The third-order valence-corrected chi connectivity index (χ3v) is 5.22. The molecule has 0 atom stereocenters. The fraction of sp³-hybridized carbons (Fsp3) is 0.0870. The molecule has 0 aromatic heterocycles. The van der Waals surface area contributed by atoms with Crippen molar-refractivity contribution in [1.29, 1.82) is 0 Å². The Bertz CT molecular complexity index is 1110. The number of carbonyl (C=O) groups is 3. The quantitative estimate of drug-likeness (QED) is 0.513. The Morgan fingerprint density at radius 2 is 1.43 bits per heavy atom. The Morgan fingerprint density at radius 3 is 2.17 bits per heavy atom. The first-order valence-electron chi connectivity index (χ1n) is 9.39. The number of imide groups is 1. The van der Waals surface area contributed by atoms with Gasteiger partial charge in [0.2, 0.25) is 5.91 Å². The molecule has 0 fully saturated rings. The topological polar surface area (TPSA) is 78.5 Å². The smallest absolute Gasteiger partial charge is 0.261 e. The molecule has 0 unspecified atom stereocenters. The van der Waals surface area contributed by atoms with Crippen LogP contribution >= 0.6 is 15.9 Å². The van der Waals surface area contributed by atoms with Gasteiger partial charge in [-0.05, 0) is 54.6 Å². The normalized spacial score (nSPS) is 12.6. The van der Waals surface area contributed by atoms with Crippen LogP contribution in [0, 0.1) is 0 Å². The number of benzene rings is 3. The molecule has 0 spiro atoms. The second-order valence-electron chi connectivity index (χ2n) is 6.82. The van der Waals surface area contributed by atoms with Crippen LogP contribution in [0.15, 0.2) is 77.3 Å². The molecule has 3 aromatic rings. The molecular weight excluding hydrogens is 446 g/mol. The number of fused-ring (bicyclic) bond motifs is 1. The molecule has 1 aliphatic heterocycles. The molecule has 0 aliphatic carbocycles. The fourth-order valence-electron chi connectivity index (χ4n) is 3.23. The van der Waals surface area contributed by atoms with E-state index in [1.807, 2.05) is 42.5 Å². The summed E-state index contributed by atoms with van der Waals surface area (Å²) in [6.07, 6.45) is 0.0245. The maximum atomic E-state index is 12.5. The minimum absolute atomic E-state index is 0.0245. The Balaban J connectivity index is 1.32. The zero-order valence-corrected chi connectivity index (χ0v) is 17.5. The van der Waals surface area contributed by atoms with Crippen LogP contribution in [0.25, 0.3) is 0 Å². The molecule has 1 heterocycles. The predicted molar refractivity (Wildman–Crippen MR) is 119 cm³/mol. The van der Waals surface area contributed by atoms with Crippen molar-refractivity contribution in [1.82, 2.24) is 4.90 Å². The highest BCUT2D eigenvalue weighted by Gasteiger charge is 2.35. The molecule has 7 heteroatoms. The van der Waals surface area contributed by atoms with E-state index in [9.17, 15) is 14.4 Å². The molecule has 1 aliphatic rings. The van der Waals surface area contributed by atoms with Crippen molar-refractivity contribution in [2.24, 2.45) is 0 Å². The second kappa shape index (κ2) is 8.51. The predicted octanol–water partition coefficient (Wildman–Crippen LogP) is 4.82. The zero-order valence-electron chi connectivity index (χ0n) is 15.9. The largest absolute Gasteiger partial charge is 0.356 e. The van der Waals surface area contributed by atoms with Crippen LogP contribution in [0.4, 0.5) is 17.1 Å². The summed E-state index contributed by atoms with van der Waals surface area (Å²) < 4.78 is 0.729. The molecule has 0 radical (unpaired) electrons. The number of para-hydroxylation sites is 1. The highest BCUT2D eigenvalue weighted by molar-refractivity contribution is 9.10. The number of nitrogens with zero attached hydrogens (tertiary/aromatic N) is 1. The van der Waals surface area contributed by atoms with Crippen molar-refractivity contribution < 1.29 is 14.4 Å². The number of anilines is 3. The third kappa shape index (κ3) is 4.26. The van der Waals surface area contributed by atoms with Gasteiger partial charge in [-0.1, -0.05) is 34.1 Å². The highest BCUT2D eigenvalue weighted by Crippen LogP contribution is 2.26. The molecule has 0 saturated heterocycles. The van der Waals surface area contributed by atoms with Crippen molar-refractivity contribution in [3.8, 4) is 0 Å². The number of carbonyl (C=O) groups excluding carboxylic acids is 3. The summed E-state index contributed by atoms with van der Waals surface area (Å²) in [6.45, 7) is 0.0312. The molecule has 150 valence electrons. The van der Waals surface area contributed by atoms with Gasteiger partial charge in [-0.25, -0.2) is 0 Å². The fourth-order valence-corrected chi connectivity index (χ4v) is 3.59. The van der Waals surface area contributed by atoms with E-state index in [1.54, 1.807) is 30.3 Å². The maximum Gasteiger partial charge on any atom is 0.261 e. The van der Waals surface area contributed by atoms with Gasteiger partial charge < -0.3 is 10.6 Å². The number of rotatable bonds is 6. The molecule has 0 saturated carbocycles. The van der Waals surface area contributed by atoms with E-state index in [2.05, 4.69) is 26.6 Å². The average molecular weight is 464 g/mol. The standard InChI is InChI=1S/C23H18BrN3O3/c24-15-6-11-19-20(14-15)23(30)27(22(19)29)13-12-21(28)26-18-9-7-17(8-10-18)25-16-4-2-1-3-5-16/h1-11,14,25H,12-13H2,(H,26,28). The first-order valence-corrected chi connectivity index (χ1v) is 10.2. The van der Waals surface area contributed by atoms with Crippen molar-refractivity contribution in [2.75, 3.05) is 17.2 Å². The van der Waals surface area contributed by atoms with E-state index in [1.165, 1.54) is 0 Å². The van der Waals surface area contributed by atoms with E-state index in [0.717, 1.165) is 20.7 Å². The van der Waals surface area contributed by atoms with Gasteiger partial charge in [0.15, 0.2) is 0 Å². The molecule has 6 nitrogen and oxygen atoms in total. The average Bonchev–Trinajstić information content (AvgIpc) is 2.98. The van der Waals surface area contributed by atoms with Crippen LogP contribution in [0.3, 0.4) is 0 Å². The monoisotopic (exact) mass is 463 g/mol. The van der Waals surface area contributed by atoms with E-state index in [-0.39, 0.29) is 30.7 Å². The van der Waals surface area contributed by atoms with E-state index >= 15 is 0 Å². The zero-order chi connectivity index (χ0) is 21.1. The van der Waals surface area contributed by atoms with Crippen molar-refractivity contribution in [2.45, 2.75) is 6.42 Å². The lowest BCUT2D eigenvalue weighted by atomic mass is 10.1. The van der Waals surface area contributed by atoms with Gasteiger partial charge in [0.05, 0.1) is 11.1 Å². The lowest BCUT2D eigenvalue weighted by molar-refractivity contribution is -0.116. The van der Waals surface area contributed by atoms with Crippen LogP contribution in [0.1, 0.15) is 27.1 Å². The second-order valence-corrected chi connectivity index (χ2v) is 7.73. The van der Waals surface area contributed by atoms with Gasteiger partial charge in [-0.2, -0.15) is 0 Å². The van der Waals surface area contributed by atoms with Crippen LogP contribution in [0.2, 0.25) is 0 Å². The molecular formula is C23H18BrN3O3. The van der Waals surface area contributed by atoms with Gasteiger partial charge in [-0.15, -0.1) is 0 Å². The van der Waals surface area contributed by atoms with Crippen molar-refractivity contribution in [3.05, 3.63) is 88.4 Å². The first kappa shape index (κ1) is 19.8. The molecule has 2 N–H and O–H groups in total. The Morgan fingerprint density at radius 1 is 0.800 bits per heavy atom. The van der Waals surface area contributed by atoms with Gasteiger partial charge >= 0.3 is 0 Å². The minimum atomic E-state index is -0.375. The van der Waals surface area contributed by atoms with Crippen molar-refractivity contribution in [3.63, 3.8) is 0 Å². The van der Waals surface area contributed by atoms with E-state index in [4.69, 9.17) is 0 Å². The molecule has 0 bridgehead atoms. The number of nitrogens with one attached hydrogen (secondary N) is 2. The number of halogens is 1. The van der Waals surface area contributed by atoms with Gasteiger partial charge in [0.25, 0.3) is 11.8 Å². The van der Waals surface area contributed by atoms with Crippen molar-refractivity contribution >= 4 is 50.7 Å². The first-order chi connectivity index (χ1) is 14.5. The lowest BCUT2D eigenvalue weighted by Gasteiger charge is -2.13. The molecule has 4 rings (SSSR count). The van der Waals surface area contributed by atoms with Gasteiger partial charge in [0.1, 0.15) is 0 Å².